The van der Waals surface area contributed by atoms with Gasteiger partial charge in [0.1, 0.15) is 5.60 Å². The first-order valence-corrected chi connectivity index (χ1v) is 6.91. The summed E-state index contributed by atoms with van der Waals surface area (Å²) in [6.45, 7) is 6.88. The van der Waals surface area contributed by atoms with Crippen LogP contribution in [0.1, 0.15) is 27.2 Å². The third-order valence-electron chi connectivity index (χ3n) is 2.38. The topological polar surface area (TPSA) is 65.4 Å². The van der Waals surface area contributed by atoms with Gasteiger partial charge in [0.2, 0.25) is 0 Å². The van der Waals surface area contributed by atoms with Crippen molar-refractivity contribution in [2.24, 2.45) is 0 Å². The largest absolute Gasteiger partial charge is 0.444 e. The first kappa shape index (κ1) is 14.2. The van der Waals surface area contributed by atoms with Crippen LogP contribution in [0.4, 0.5) is 4.79 Å². The maximum Gasteiger partial charge on any atom is 0.410 e. The summed E-state index contributed by atoms with van der Waals surface area (Å²) in [5, 5.41) is 11.1. The minimum Gasteiger partial charge on any atom is -0.444 e. The van der Waals surface area contributed by atoms with E-state index in [2.05, 4.69) is 5.32 Å². The lowest BCUT2D eigenvalue weighted by Gasteiger charge is -2.24. The van der Waals surface area contributed by atoms with Crippen molar-refractivity contribution in [2.45, 2.75) is 38.8 Å². The number of likely N-dealkylation sites (tertiary alicyclic amines) is 1. The van der Waals surface area contributed by atoms with E-state index in [1.165, 1.54) is 11.8 Å². The summed E-state index contributed by atoms with van der Waals surface area (Å²) in [6.07, 6.45) is 2.45. The smallest absolute Gasteiger partial charge is 0.410 e. The van der Waals surface area contributed by atoms with E-state index in [0.29, 0.717) is 18.3 Å². The molecule has 5 nitrogen and oxygen atoms in total. The molecule has 0 aromatic heterocycles. The molecule has 0 aliphatic carbocycles. The molecule has 0 aromatic rings. The Morgan fingerprint density at radius 1 is 1.53 bits per heavy atom. The Kier molecular flexibility index (Phi) is 4.68. The van der Waals surface area contributed by atoms with Crippen LogP contribution in [-0.4, -0.2) is 47.1 Å². The van der Waals surface area contributed by atoms with E-state index in [1.807, 2.05) is 27.0 Å². The predicted molar refractivity (Wildman–Crippen MR) is 70.6 cm³/mol. The quantitative estimate of drug-likeness (QED) is 0.557. The molecule has 2 N–H and O–H groups in total. The van der Waals surface area contributed by atoms with E-state index in [1.54, 1.807) is 4.90 Å². The fourth-order valence-corrected chi connectivity index (χ4v) is 1.90. The number of hydrogen-bond donors (Lipinski definition) is 2. The van der Waals surface area contributed by atoms with Gasteiger partial charge in [-0.15, -0.1) is 0 Å². The summed E-state index contributed by atoms with van der Waals surface area (Å²) in [5.74, 6) is 0. The van der Waals surface area contributed by atoms with Crippen molar-refractivity contribution in [3.8, 4) is 0 Å². The molecule has 1 aliphatic rings. The minimum atomic E-state index is -0.450. The highest BCUT2D eigenvalue weighted by Crippen LogP contribution is 2.15. The van der Waals surface area contributed by atoms with Gasteiger partial charge in [-0.05, 0) is 33.4 Å². The highest BCUT2D eigenvalue weighted by molar-refractivity contribution is 8.13. The summed E-state index contributed by atoms with van der Waals surface area (Å²) in [7, 11) is 0. The molecule has 1 saturated heterocycles. The van der Waals surface area contributed by atoms with E-state index in [4.69, 9.17) is 10.1 Å². The lowest BCUT2D eigenvalue weighted by atomic mass is 10.2. The fraction of sp³-hybridized carbons (Fsp3) is 0.818. The van der Waals surface area contributed by atoms with Crippen LogP contribution in [0.2, 0.25) is 0 Å². The zero-order valence-electron chi connectivity index (χ0n) is 10.9. The Bertz CT molecular complexity index is 302. The standard InChI is InChI=1S/C11H21N3O2S/c1-11(2,3)16-10(15)14-6-5-8(7-14)13-9(12)17-4/h8H,5-7H2,1-4H3,(H2,12,13)/t8-/m0/s1. The first-order valence-electron chi connectivity index (χ1n) is 5.69. The molecule has 0 aromatic carbocycles. The number of amides is 1. The number of thioether (sulfide) groups is 1. The molecule has 1 fully saturated rings. The van der Waals surface area contributed by atoms with Crippen LogP contribution in [-0.2, 0) is 4.74 Å². The van der Waals surface area contributed by atoms with Gasteiger partial charge in [-0.1, -0.05) is 11.8 Å². The normalized spacial score (nSPS) is 20.2. The lowest BCUT2D eigenvalue weighted by Crippen LogP contribution is -2.39. The van der Waals surface area contributed by atoms with Gasteiger partial charge in [0.15, 0.2) is 5.17 Å². The molecule has 0 radical (unpaired) electrons. The maximum absolute atomic E-state index is 11.8. The fourth-order valence-electron chi connectivity index (χ4n) is 1.61. The van der Waals surface area contributed by atoms with Crippen molar-refractivity contribution in [3.05, 3.63) is 0 Å². The molecule has 98 valence electrons. The molecule has 0 bridgehead atoms. The van der Waals surface area contributed by atoms with E-state index in [0.717, 1.165) is 6.42 Å². The Balaban J connectivity index is 2.39. The van der Waals surface area contributed by atoms with Gasteiger partial charge < -0.3 is 15.0 Å². The number of ether oxygens (including phenoxy) is 1. The Morgan fingerprint density at radius 2 is 2.18 bits per heavy atom. The highest BCUT2D eigenvalue weighted by Gasteiger charge is 2.29. The van der Waals surface area contributed by atoms with E-state index < -0.39 is 5.60 Å². The Morgan fingerprint density at radius 3 is 2.71 bits per heavy atom. The van der Waals surface area contributed by atoms with Crippen LogP contribution in [0.5, 0.6) is 0 Å². The van der Waals surface area contributed by atoms with E-state index in [9.17, 15) is 4.79 Å². The number of carbonyl (C=O) groups excluding carboxylic acids is 1. The minimum absolute atomic E-state index is 0.169. The van der Waals surface area contributed by atoms with Crippen LogP contribution < -0.4 is 5.32 Å². The molecule has 0 saturated carbocycles. The lowest BCUT2D eigenvalue weighted by molar-refractivity contribution is 0.0292. The molecule has 1 rings (SSSR count). The highest BCUT2D eigenvalue weighted by atomic mass is 32.2. The predicted octanol–water partition coefficient (Wildman–Crippen LogP) is 1.88. The van der Waals surface area contributed by atoms with Gasteiger partial charge in [-0.3, -0.25) is 5.41 Å². The third-order valence-corrected chi connectivity index (χ3v) is 2.91. The zero-order chi connectivity index (χ0) is 13.1. The second-order valence-electron chi connectivity index (χ2n) is 5.09. The van der Waals surface area contributed by atoms with Crippen molar-refractivity contribution in [2.75, 3.05) is 19.3 Å². The van der Waals surface area contributed by atoms with Gasteiger partial charge in [0.25, 0.3) is 0 Å². The number of nitrogens with zero attached hydrogens (tertiary/aromatic N) is 1. The van der Waals surface area contributed by atoms with E-state index >= 15 is 0 Å². The van der Waals surface area contributed by atoms with E-state index in [-0.39, 0.29) is 12.1 Å². The van der Waals surface area contributed by atoms with Crippen molar-refractivity contribution >= 4 is 23.0 Å². The van der Waals surface area contributed by atoms with Crippen molar-refractivity contribution < 1.29 is 9.53 Å². The van der Waals surface area contributed by atoms with Crippen LogP contribution >= 0.6 is 11.8 Å². The average Bonchev–Trinajstić information content (AvgIpc) is 2.63. The SMILES string of the molecule is CSC(=N)N[C@H]1CCN(C(=O)OC(C)(C)C)C1. The van der Waals surface area contributed by atoms with Gasteiger partial charge in [0.05, 0.1) is 0 Å². The van der Waals surface area contributed by atoms with Crippen LogP contribution in [0.25, 0.3) is 0 Å². The average molecular weight is 259 g/mol. The third kappa shape index (κ3) is 4.85. The van der Waals surface area contributed by atoms with Gasteiger partial charge >= 0.3 is 6.09 Å². The molecule has 1 amide bonds. The van der Waals surface area contributed by atoms with Crippen LogP contribution in [0.3, 0.4) is 0 Å². The second-order valence-corrected chi connectivity index (χ2v) is 5.91. The second kappa shape index (κ2) is 5.62. The molecule has 17 heavy (non-hydrogen) atoms. The summed E-state index contributed by atoms with van der Waals surface area (Å²) in [5.41, 5.74) is -0.450. The van der Waals surface area contributed by atoms with Crippen molar-refractivity contribution in [3.63, 3.8) is 0 Å². The summed E-state index contributed by atoms with van der Waals surface area (Å²) < 4.78 is 5.30. The van der Waals surface area contributed by atoms with Crippen molar-refractivity contribution in [1.82, 2.24) is 10.2 Å². The molecular weight excluding hydrogens is 238 g/mol. The van der Waals surface area contributed by atoms with Gasteiger partial charge in [-0.2, -0.15) is 0 Å². The summed E-state index contributed by atoms with van der Waals surface area (Å²) in [4.78, 5) is 13.5. The molecule has 6 heteroatoms. The Hall–Kier alpha value is -0.910. The number of hydrogen-bond acceptors (Lipinski definition) is 4. The van der Waals surface area contributed by atoms with Gasteiger partial charge in [0, 0.05) is 19.1 Å². The van der Waals surface area contributed by atoms with Crippen molar-refractivity contribution in [1.29, 1.82) is 5.41 Å². The molecule has 1 aliphatic heterocycles. The zero-order valence-corrected chi connectivity index (χ0v) is 11.7. The summed E-state index contributed by atoms with van der Waals surface area (Å²) in [6, 6.07) is 0.169. The monoisotopic (exact) mass is 259 g/mol. The van der Waals surface area contributed by atoms with Gasteiger partial charge in [-0.25, -0.2) is 4.79 Å². The number of amidine groups is 1. The summed E-state index contributed by atoms with van der Waals surface area (Å²) >= 11 is 1.37. The van der Waals surface area contributed by atoms with Crippen LogP contribution in [0, 0.1) is 5.41 Å². The maximum atomic E-state index is 11.8. The molecule has 0 spiro atoms. The first-order chi connectivity index (χ1) is 7.81. The Labute approximate surface area is 107 Å². The number of rotatable bonds is 1. The van der Waals surface area contributed by atoms with Crippen LogP contribution in [0.15, 0.2) is 0 Å². The number of carbonyl (C=O) groups is 1. The molecule has 0 unspecified atom stereocenters. The molecular formula is C11H21N3O2S. The number of nitrogens with one attached hydrogen (secondary N) is 2. The molecule has 1 heterocycles. The molecule has 1 atom stereocenters.